The second kappa shape index (κ2) is 7.32. The number of aliphatic carboxylic acids is 1. The van der Waals surface area contributed by atoms with E-state index >= 15 is 0 Å². The molecule has 3 atom stereocenters. The van der Waals surface area contributed by atoms with Crippen LogP contribution >= 0.6 is 0 Å². The second-order valence-corrected chi connectivity index (χ2v) is 5.88. The maximum Gasteiger partial charge on any atom is 0.326 e. The lowest BCUT2D eigenvalue weighted by Gasteiger charge is -2.35. The number of nitrogens with one attached hydrogen (secondary N) is 1. The Balaban J connectivity index is 2.01. The van der Waals surface area contributed by atoms with E-state index in [1.807, 2.05) is 13.8 Å². The number of amides is 2. The number of urea groups is 1. The van der Waals surface area contributed by atoms with Crippen molar-refractivity contribution >= 4 is 12.0 Å². The van der Waals surface area contributed by atoms with Crippen molar-refractivity contribution in [3.63, 3.8) is 0 Å². The maximum absolute atomic E-state index is 12.3. The van der Waals surface area contributed by atoms with Crippen LogP contribution in [0.1, 0.15) is 19.4 Å². The first-order valence-corrected chi connectivity index (χ1v) is 7.56. The van der Waals surface area contributed by atoms with E-state index in [-0.39, 0.29) is 24.4 Å². The molecule has 1 aliphatic heterocycles. The van der Waals surface area contributed by atoms with Crippen LogP contribution in [0.4, 0.5) is 4.79 Å². The van der Waals surface area contributed by atoms with Crippen molar-refractivity contribution in [2.75, 3.05) is 13.1 Å². The quantitative estimate of drug-likeness (QED) is 0.774. The number of carbonyl (C=O) groups is 2. The molecule has 7 nitrogen and oxygen atoms in total. The van der Waals surface area contributed by atoms with Crippen molar-refractivity contribution in [1.82, 2.24) is 10.2 Å². The van der Waals surface area contributed by atoms with E-state index in [2.05, 4.69) is 5.32 Å². The topological polar surface area (TPSA) is 99.1 Å². The third-order valence-corrected chi connectivity index (χ3v) is 3.65. The number of ether oxygens (including phenoxy) is 1. The molecule has 0 bridgehead atoms. The molecule has 0 spiro atoms. The van der Waals surface area contributed by atoms with Gasteiger partial charge in [0, 0.05) is 19.5 Å². The number of rotatable bonds is 4. The first-order valence-electron chi connectivity index (χ1n) is 7.56. The first kappa shape index (κ1) is 17.1. The summed E-state index contributed by atoms with van der Waals surface area (Å²) in [7, 11) is 0. The molecule has 1 aromatic carbocycles. The normalized spacial score (nSPS) is 22.4. The Labute approximate surface area is 134 Å². The summed E-state index contributed by atoms with van der Waals surface area (Å²) >= 11 is 0. The summed E-state index contributed by atoms with van der Waals surface area (Å²) in [5, 5.41) is 21.3. The molecule has 1 aliphatic rings. The van der Waals surface area contributed by atoms with Gasteiger partial charge in [-0.25, -0.2) is 9.59 Å². The Morgan fingerprint density at radius 2 is 2.00 bits per heavy atom. The zero-order valence-corrected chi connectivity index (χ0v) is 13.2. The largest absolute Gasteiger partial charge is 0.508 e. The molecule has 0 saturated carbocycles. The lowest BCUT2D eigenvalue weighted by Crippen LogP contribution is -2.55. The van der Waals surface area contributed by atoms with Crippen LogP contribution in [0.2, 0.25) is 0 Å². The number of carbonyl (C=O) groups excluding carboxylic acids is 1. The van der Waals surface area contributed by atoms with Gasteiger partial charge in [0.25, 0.3) is 0 Å². The number of benzene rings is 1. The van der Waals surface area contributed by atoms with Crippen LogP contribution in [0.15, 0.2) is 24.3 Å². The molecule has 0 radical (unpaired) electrons. The van der Waals surface area contributed by atoms with E-state index in [0.29, 0.717) is 18.7 Å². The lowest BCUT2D eigenvalue weighted by molar-refractivity contribution is -0.139. The summed E-state index contributed by atoms with van der Waals surface area (Å²) in [4.78, 5) is 25.3. The zero-order valence-electron chi connectivity index (χ0n) is 13.2. The molecule has 1 heterocycles. The summed E-state index contributed by atoms with van der Waals surface area (Å²) in [5.41, 5.74) is 0.640. The van der Waals surface area contributed by atoms with Crippen molar-refractivity contribution in [3.8, 4) is 5.75 Å². The predicted molar refractivity (Wildman–Crippen MR) is 83.3 cm³/mol. The molecule has 2 amide bonds. The van der Waals surface area contributed by atoms with Crippen LogP contribution < -0.4 is 5.32 Å². The number of nitrogens with zero attached hydrogens (tertiary/aromatic N) is 1. The van der Waals surface area contributed by atoms with Gasteiger partial charge in [0.05, 0.1) is 12.2 Å². The van der Waals surface area contributed by atoms with E-state index in [4.69, 9.17) is 4.74 Å². The van der Waals surface area contributed by atoms with Crippen LogP contribution in [0.5, 0.6) is 5.75 Å². The van der Waals surface area contributed by atoms with Crippen LogP contribution in [-0.4, -0.2) is 58.5 Å². The maximum atomic E-state index is 12.3. The minimum Gasteiger partial charge on any atom is -0.508 e. The molecule has 3 N–H and O–H groups in total. The van der Waals surface area contributed by atoms with Crippen molar-refractivity contribution in [3.05, 3.63) is 29.8 Å². The lowest BCUT2D eigenvalue weighted by atomic mass is 10.1. The van der Waals surface area contributed by atoms with Gasteiger partial charge in [0.2, 0.25) is 0 Å². The van der Waals surface area contributed by atoms with E-state index in [1.165, 1.54) is 12.1 Å². The highest BCUT2D eigenvalue weighted by atomic mass is 16.5. The minimum absolute atomic E-state index is 0.0637. The third kappa shape index (κ3) is 4.85. The van der Waals surface area contributed by atoms with Gasteiger partial charge in [-0.3, -0.25) is 0 Å². The Kier molecular flexibility index (Phi) is 5.44. The van der Waals surface area contributed by atoms with Crippen molar-refractivity contribution in [1.29, 1.82) is 0 Å². The van der Waals surface area contributed by atoms with Gasteiger partial charge < -0.3 is 25.2 Å². The van der Waals surface area contributed by atoms with Crippen LogP contribution in [0.25, 0.3) is 0 Å². The molecule has 1 saturated heterocycles. The van der Waals surface area contributed by atoms with Gasteiger partial charge in [0.1, 0.15) is 11.8 Å². The monoisotopic (exact) mass is 322 g/mol. The molecule has 0 aromatic heterocycles. The fourth-order valence-corrected chi connectivity index (χ4v) is 2.70. The summed E-state index contributed by atoms with van der Waals surface area (Å²) in [5.74, 6) is -1.05. The van der Waals surface area contributed by atoms with Crippen molar-refractivity contribution in [2.24, 2.45) is 0 Å². The molecule has 0 aliphatic carbocycles. The summed E-state index contributed by atoms with van der Waals surface area (Å²) in [6, 6.07) is 4.87. The molecule has 126 valence electrons. The molecule has 7 heteroatoms. The molecular formula is C16H22N2O5. The van der Waals surface area contributed by atoms with E-state index in [9.17, 15) is 19.8 Å². The molecule has 23 heavy (non-hydrogen) atoms. The van der Waals surface area contributed by atoms with Crippen molar-refractivity contribution in [2.45, 2.75) is 38.5 Å². The highest BCUT2D eigenvalue weighted by molar-refractivity contribution is 5.83. The summed E-state index contributed by atoms with van der Waals surface area (Å²) in [6.07, 6.45) is -0.0667. The van der Waals surface area contributed by atoms with E-state index < -0.39 is 18.0 Å². The number of phenolic OH excluding ortho intramolecular Hbond substituents is 1. The van der Waals surface area contributed by atoms with Crippen LogP contribution in [0, 0.1) is 0 Å². The number of hydrogen-bond donors (Lipinski definition) is 3. The van der Waals surface area contributed by atoms with Crippen molar-refractivity contribution < 1.29 is 24.5 Å². The Morgan fingerprint density at radius 1 is 1.35 bits per heavy atom. The van der Waals surface area contributed by atoms with Gasteiger partial charge >= 0.3 is 12.0 Å². The van der Waals surface area contributed by atoms with Crippen LogP contribution in [-0.2, 0) is 16.0 Å². The highest BCUT2D eigenvalue weighted by Gasteiger charge is 2.29. The number of hydrogen-bond acceptors (Lipinski definition) is 4. The Hall–Kier alpha value is -2.28. The zero-order chi connectivity index (χ0) is 17.0. The highest BCUT2D eigenvalue weighted by Crippen LogP contribution is 2.14. The fourth-order valence-electron chi connectivity index (χ4n) is 2.70. The molecular weight excluding hydrogens is 300 g/mol. The Morgan fingerprint density at radius 3 is 2.57 bits per heavy atom. The smallest absolute Gasteiger partial charge is 0.326 e. The number of carboxylic acid groups (broad SMARTS) is 1. The number of carboxylic acids is 1. The van der Waals surface area contributed by atoms with E-state index in [1.54, 1.807) is 17.0 Å². The summed E-state index contributed by atoms with van der Waals surface area (Å²) in [6.45, 7) is 4.60. The molecule has 1 fully saturated rings. The first-order chi connectivity index (χ1) is 10.8. The average molecular weight is 322 g/mol. The minimum atomic E-state index is -1.11. The van der Waals surface area contributed by atoms with Gasteiger partial charge in [0.15, 0.2) is 0 Å². The van der Waals surface area contributed by atoms with Gasteiger partial charge in [-0.05, 0) is 31.5 Å². The van der Waals surface area contributed by atoms with Gasteiger partial charge in [-0.2, -0.15) is 0 Å². The SMILES string of the molecule is C[C@@H]1CN(C(=O)NC(Cc2cccc(O)c2)C(=O)O)C[C@H](C)O1. The molecule has 2 rings (SSSR count). The number of aromatic hydroxyl groups is 1. The molecule has 1 aromatic rings. The Bertz CT molecular complexity index is 567. The summed E-state index contributed by atoms with van der Waals surface area (Å²) < 4.78 is 5.56. The fraction of sp³-hybridized carbons (Fsp3) is 0.500. The van der Waals surface area contributed by atoms with Gasteiger partial charge in [-0.1, -0.05) is 12.1 Å². The second-order valence-electron chi connectivity index (χ2n) is 5.88. The third-order valence-electron chi connectivity index (χ3n) is 3.65. The average Bonchev–Trinajstić information content (AvgIpc) is 2.45. The van der Waals surface area contributed by atoms with Gasteiger partial charge in [-0.15, -0.1) is 0 Å². The van der Waals surface area contributed by atoms with E-state index in [0.717, 1.165) is 0 Å². The van der Waals surface area contributed by atoms with Crippen LogP contribution in [0.3, 0.4) is 0 Å². The predicted octanol–water partition coefficient (Wildman–Crippen LogP) is 1.21. The number of phenols is 1. The molecule has 1 unspecified atom stereocenters. The standard InChI is InChI=1S/C16H22N2O5/c1-10-8-18(9-11(2)23-10)16(22)17-14(15(20)21)7-12-4-3-5-13(19)6-12/h3-6,10-11,14,19H,7-9H2,1-2H3,(H,17,22)(H,20,21)/t10-,11+,14?. The number of morpholine rings is 1.